The van der Waals surface area contributed by atoms with Gasteiger partial charge < -0.3 is 10.2 Å². The third-order valence-electron chi connectivity index (χ3n) is 4.54. The minimum atomic E-state index is 0. The lowest BCUT2D eigenvalue weighted by molar-refractivity contribution is -0.135. The number of hydrogen-bond acceptors (Lipinski definition) is 2. The highest BCUT2D eigenvalue weighted by Crippen LogP contribution is 2.25. The molecule has 0 spiro atoms. The van der Waals surface area contributed by atoms with Crippen molar-refractivity contribution >= 4 is 18.3 Å². The Morgan fingerprint density at radius 1 is 1.33 bits per heavy atom. The Bertz CT molecular complexity index is 438. The number of halogens is 1. The molecular formula is C17H27ClN2O. The third kappa shape index (κ3) is 4.45. The Balaban J connectivity index is 0.00000220. The first kappa shape index (κ1) is 18.0. The molecule has 0 radical (unpaired) electrons. The zero-order valence-electron chi connectivity index (χ0n) is 13.2. The number of rotatable bonds is 4. The normalized spacial score (nSPS) is 23.3. The second kappa shape index (κ2) is 8.40. The van der Waals surface area contributed by atoms with Crippen molar-refractivity contribution in [3.63, 3.8) is 0 Å². The summed E-state index contributed by atoms with van der Waals surface area (Å²) in [5.41, 5.74) is 1.28. The number of carbonyl (C=O) groups excluding carboxylic acids is 1. The number of nitrogens with one attached hydrogen (secondary N) is 1. The van der Waals surface area contributed by atoms with E-state index in [0.717, 1.165) is 19.5 Å². The summed E-state index contributed by atoms with van der Waals surface area (Å²) in [6.07, 6.45) is 1.63. The van der Waals surface area contributed by atoms with E-state index in [-0.39, 0.29) is 18.4 Å². The van der Waals surface area contributed by atoms with Crippen LogP contribution in [0.15, 0.2) is 30.3 Å². The molecule has 3 nitrogen and oxygen atoms in total. The fraction of sp³-hybridized carbons (Fsp3) is 0.588. The van der Waals surface area contributed by atoms with Crippen molar-refractivity contribution in [1.82, 2.24) is 10.2 Å². The van der Waals surface area contributed by atoms with Gasteiger partial charge in [-0.2, -0.15) is 0 Å². The lowest BCUT2D eigenvalue weighted by Gasteiger charge is -2.39. The standard InChI is InChI=1S/C17H26N2O.ClH/c1-4-15(16-8-6-5-7-9-16)12-17(20)19-11-10-18-13(2)14(19)3;/h5-9,13-15,18H,4,10-12H2,1-3H3;1H. The Morgan fingerprint density at radius 3 is 2.62 bits per heavy atom. The number of benzene rings is 1. The molecule has 1 heterocycles. The Morgan fingerprint density at radius 2 is 2.00 bits per heavy atom. The fourth-order valence-electron chi connectivity index (χ4n) is 2.96. The Kier molecular flexibility index (Phi) is 7.20. The number of piperazine rings is 1. The molecule has 21 heavy (non-hydrogen) atoms. The van der Waals surface area contributed by atoms with Gasteiger partial charge in [0.05, 0.1) is 0 Å². The Labute approximate surface area is 134 Å². The number of hydrogen-bond donors (Lipinski definition) is 1. The molecule has 1 aromatic carbocycles. The van der Waals surface area contributed by atoms with E-state index in [2.05, 4.69) is 50.4 Å². The lowest BCUT2D eigenvalue weighted by Crippen LogP contribution is -2.57. The minimum absolute atomic E-state index is 0. The van der Waals surface area contributed by atoms with Crippen LogP contribution in [-0.2, 0) is 4.79 Å². The highest BCUT2D eigenvalue weighted by atomic mass is 35.5. The summed E-state index contributed by atoms with van der Waals surface area (Å²) in [6.45, 7) is 8.18. The predicted octanol–water partition coefficient (Wildman–Crippen LogP) is 3.20. The first-order chi connectivity index (χ1) is 9.63. The highest BCUT2D eigenvalue weighted by Gasteiger charge is 2.29. The molecule has 0 saturated carbocycles. The number of amides is 1. The molecule has 0 aromatic heterocycles. The van der Waals surface area contributed by atoms with Crippen molar-refractivity contribution < 1.29 is 4.79 Å². The molecule has 118 valence electrons. The number of nitrogens with zero attached hydrogens (tertiary/aromatic N) is 1. The summed E-state index contributed by atoms with van der Waals surface area (Å²) >= 11 is 0. The van der Waals surface area contributed by atoms with Gasteiger partial charge in [0.25, 0.3) is 0 Å². The maximum Gasteiger partial charge on any atom is 0.223 e. The van der Waals surface area contributed by atoms with Crippen LogP contribution < -0.4 is 5.32 Å². The second-order valence-corrected chi connectivity index (χ2v) is 5.79. The molecular weight excluding hydrogens is 284 g/mol. The smallest absolute Gasteiger partial charge is 0.223 e. The largest absolute Gasteiger partial charge is 0.337 e. The first-order valence-electron chi connectivity index (χ1n) is 7.71. The van der Waals surface area contributed by atoms with Gasteiger partial charge in [-0.1, -0.05) is 37.3 Å². The summed E-state index contributed by atoms with van der Waals surface area (Å²) in [7, 11) is 0. The van der Waals surface area contributed by atoms with E-state index in [4.69, 9.17) is 0 Å². The molecule has 2 rings (SSSR count). The van der Waals surface area contributed by atoms with Crippen molar-refractivity contribution in [2.75, 3.05) is 13.1 Å². The molecule has 1 N–H and O–H groups in total. The molecule has 1 aromatic rings. The molecule has 1 saturated heterocycles. The third-order valence-corrected chi connectivity index (χ3v) is 4.54. The van der Waals surface area contributed by atoms with E-state index in [0.29, 0.717) is 24.3 Å². The van der Waals surface area contributed by atoms with E-state index in [9.17, 15) is 4.79 Å². The Hall–Kier alpha value is -1.06. The van der Waals surface area contributed by atoms with Crippen LogP contribution in [0.3, 0.4) is 0 Å². The molecule has 4 heteroatoms. The number of carbonyl (C=O) groups is 1. The summed E-state index contributed by atoms with van der Waals surface area (Å²) in [6, 6.07) is 11.1. The van der Waals surface area contributed by atoms with Gasteiger partial charge in [0.2, 0.25) is 5.91 Å². The van der Waals surface area contributed by atoms with Crippen LogP contribution in [0, 0.1) is 0 Å². The second-order valence-electron chi connectivity index (χ2n) is 5.79. The van der Waals surface area contributed by atoms with Gasteiger partial charge in [-0.15, -0.1) is 12.4 Å². The van der Waals surface area contributed by atoms with E-state index in [1.165, 1.54) is 5.56 Å². The van der Waals surface area contributed by atoms with Crippen LogP contribution in [0.2, 0.25) is 0 Å². The quantitative estimate of drug-likeness (QED) is 0.926. The topological polar surface area (TPSA) is 32.3 Å². The van der Waals surface area contributed by atoms with Crippen molar-refractivity contribution in [2.45, 2.75) is 51.6 Å². The molecule has 1 amide bonds. The van der Waals surface area contributed by atoms with Crippen LogP contribution >= 0.6 is 12.4 Å². The zero-order valence-corrected chi connectivity index (χ0v) is 14.0. The van der Waals surface area contributed by atoms with Crippen molar-refractivity contribution in [3.8, 4) is 0 Å². The SMILES string of the molecule is CCC(CC(=O)N1CCNC(C)C1C)c1ccccc1.Cl. The summed E-state index contributed by atoms with van der Waals surface area (Å²) in [5, 5.41) is 3.42. The molecule has 0 bridgehead atoms. The monoisotopic (exact) mass is 310 g/mol. The van der Waals surface area contributed by atoms with Gasteiger partial charge >= 0.3 is 0 Å². The average molecular weight is 311 g/mol. The van der Waals surface area contributed by atoms with E-state index in [1.54, 1.807) is 0 Å². The van der Waals surface area contributed by atoms with Crippen LogP contribution in [0.5, 0.6) is 0 Å². The van der Waals surface area contributed by atoms with Crippen LogP contribution in [-0.4, -0.2) is 36.0 Å². The minimum Gasteiger partial charge on any atom is -0.337 e. The first-order valence-corrected chi connectivity index (χ1v) is 7.71. The van der Waals surface area contributed by atoms with Gasteiger partial charge in [-0.3, -0.25) is 4.79 Å². The highest BCUT2D eigenvalue weighted by molar-refractivity contribution is 5.85. The molecule has 0 aliphatic carbocycles. The van der Waals surface area contributed by atoms with Crippen LogP contribution in [0.4, 0.5) is 0 Å². The van der Waals surface area contributed by atoms with Crippen molar-refractivity contribution in [1.29, 1.82) is 0 Å². The summed E-state index contributed by atoms with van der Waals surface area (Å²) < 4.78 is 0. The van der Waals surface area contributed by atoms with Gasteiger partial charge in [0.15, 0.2) is 0 Å². The molecule has 3 atom stereocenters. The average Bonchev–Trinajstić information content (AvgIpc) is 2.48. The van der Waals surface area contributed by atoms with Gasteiger partial charge in [-0.05, 0) is 31.7 Å². The van der Waals surface area contributed by atoms with E-state index >= 15 is 0 Å². The lowest BCUT2D eigenvalue weighted by atomic mass is 9.92. The van der Waals surface area contributed by atoms with Gasteiger partial charge in [0.1, 0.15) is 0 Å². The van der Waals surface area contributed by atoms with E-state index < -0.39 is 0 Å². The van der Waals surface area contributed by atoms with Crippen molar-refractivity contribution in [3.05, 3.63) is 35.9 Å². The van der Waals surface area contributed by atoms with Gasteiger partial charge in [0, 0.05) is 31.6 Å². The fourth-order valence-corrected chi connectivity index (χ4v) is 2.96. The maximum absolute atomic E-state index is 12.6. The zero-order chi connectivity index (χ0) is 14.5. The molecule has 3 unspecified atom stereocenters. The summed E-state index contributed by atoms with van der Waals surface area (Å²) in [5.74, 6) is 0.627. The predicted molar refractivity (Wildman–Crippen MR) is 90.0 cm³/mol. The van der Waals surface area contributed by atoms with Gasteiger partial charge in [-0.25, -0.2) is 0 Å². The van der Waals surface area contributed by atoms with Crippen molar-refractivity contribution in [2.24, 2.45) is 0 Å². The van der Waals surface area contributed by atoms with Crippen LogP contribution in [0.1, 0.15) is 45.1 Å². The molecule has 1 fully saturated rings. The maximum atomic E-state index is 12.6. The molecule has 1 aliphatic heterocycles. The summed E-state index contributed by atoms with van der Waals surface area (Å²) in [4.78, 5) is 14.6. The molecule has 1 aliphatic rings. The van der Waals surface area contributed by atoms with E-state index in [1.807, 2.05) is 11.0 Å². The van der Waals surface area contributed by atoms with Crippen LogP contribution in [0.25, 0.3) is 0 Å².